The van der Waals surface area contributed by atoms with Crippen molar-refractivity contribution < 1.29 is 17.7 Å². The van der Waals surface area contributed by atoms with Crippen LogP contribution < -0.4 is 0 Å². The van der Waals surface area contributed by atoms with Crippen molar-refractivity contribution in [3.8, 4) is 113 Å². The molecular formula is C108H64N8O4. The number of aromatic nitrogens is 8. The highest BCUT2D eigenvalue weighted by molar-refractivity contribution is 6.23. The first-order valence-electron chi connectivity index (χ1n) is 40.1. The Balaban J connectivity index is 0.000000137. The van der Waals surface area contributed by atoms with E-state index in [9.17, 15) is 0 Å². The van der Waals surface area contributed by atoms with Crippen molar-refractivity contribution in [2.24, 2.45) is 0 Å². The molecule has 0 radical (unpaired) electrons. The number of rotatable bonds is 11. The van der Waals surface area contributed by atoms with Gasteiger partial charge < -0.3 is 26.8 Å². The number of para-hydroxylation sites is 6. The van der Waals surface area contributed by atoms with E-state index < -0.39 is 0 Å². The quantitative estimate of drug-likeness (QED) is 0.123. The van der Waals surface area contributed by atoms with Crippen molar-refractivity contribution in [3.05, 3.63) is 388 Å². The molecule has 0 fully saturated rings. The summed E-state index contributed by atoms with van der Waals surface area (Å²) in [5.74, 6) is 3.79. The summed E-state index contributed by atoms with van der Waals surface area (Å²) in [5.41, 5.74) is 25.1. The Morgan fingerprint density at radius 3 is 0.867 bits per heavy atom. The summed E-state index contributed by atoms with van der Waals surface area (Å²) in [6.07, 6.45) is 0. The molecule has 0 aliphatic carbocycles. The minimum Gasteiger partial charge on any atom is -0.452 e. The molecule has 0 atom stereocenters. The lowest BCUT2D eigenvalue weighted by Gasteiger charge is -2.12. The number of fused-ring (bicyclic) bond motifs is 20. The highest BCUT2D eigenvalue weighted by Gasteiger charge is 2.25. The van der Waals surface area contributed by atoms with Crippen LogP contribution in [0.5, 0.6) is 0 Å². The van der Waals surface area contributed by atoms with E-state index in [1.165, 1.54) is 16.2 Å². The van der Waals surface area contributed by atoms with E-state index in [4.69, 9.17) is 47.6 Å². The molecule has 12 heteroatoms. The molecule has 0 unspecified atom stereocenters. The van der Waals surface area contributed by atoms with Crippen LogP contribution in [0.2, 0.25) is 0 Å². The zero-order valence-corrected chi connectivity index (χ0v) is 64.2. The van der Waals surface area contributed by atoms with Crippen LogP contribution in [0.25, 0.3) is 244 Å². The minimum absolute atomic E-state index is 0.617. The summed E-state index contributed by atoms with van der Waals surface area (Å²) in [5, 5.41) is 13.2. The monoisotopic (exact) mass is 1540 g/mol. The summed E-state index contributed by atoms with van der Waals surface area (Å²) in [7, 11) is 0. The summed E-state index contributed by atoms with van der Waals surface area (Å²) in [6.45, 7) is 0. The van der Waals surface area contributed by atoms with Crippen molar-refractivity contribution >= 4 is 131 Å². The van der Waals surface area contributed by atoms with Crippen LogP contribution in [-0.2, 0) is 0 Å². The van der Waals surface area contributed by atoms with Crippen molar-refractivity contribution in [3.63, 3.8) is 0 Å². The Kier molecular flexibility index (Phi) is 15.7. The second-order valence-corrected chi connectivity index (χ2v) is 30.3. The van der Waals surface area contributed by atoms with E-state index >= 15 is 0 Å². The van der Waals surface area contributed by atoms with E-state index in [0.717, 1.165) is 193 Å². The van der Waals surface area contributed by atoms with Crippen LogP contribution in [0.4, 0.5) is 0 Å². The molecule has 8 aromatic heterocycles. The lowest BCUT2D eigenvalue weighted by atomic mass is 10.00. The summed E-state index contributed by atoms with van der Waals surface area (Å²) in [4.78, 5) is 29.8. The molecule has 25 rings (SSSR count). The maximum Gasteiger partial charge on any atom is 0.178 e. The lowest BCUT2D eigenvalue weighted by Crippen LogP contribution is -2.01. The van der Waals surface area contributed by atoms with Gasteiger partial charge in [0.1, 0.15) is 22.3 Å². The van der Waals surface area contributed by atoms with Gasteiger partial charge in [-0.15, -0.1) is 0 Å². The second kappa shape index (κ2) is 27.7. The Labute approximate surface area is 685 Å². The Bertz CT molecular complexity index is 8310. The first-order valence-corrected chi connectivity index (χ1v) is 40.1. The molecule has 0 saturated carbocycles. The van der Waals surface area contributed by atoms with Gasteiger partial charge in [0.25, 0.3) is 0 Å². The van der Waals surface area contributed by atoms with Gasteiger partial charge in [0.15, 0.2) is 57.3 Å². The first kappa shape index (κ1) is 68.0. The highest BCUT2D eigenvalue weighted by Crippen LogP contribution is 2.47. The molecule has 0 N–H and O–H groups in total. The van der Waals surface area contributed by atoms with Crippen LogP contribution in [0.15, 0.2) is 406 Å². The maximum absolute atomic E-state index is 6.79. The fourth-order valence-corrected chi connectivity index (χ4v) is 17.7. The van der Waals surface area contributed by atoms with Crippen molar-refractivity contribution in [1.82, 2.24) is 39.0 Å². The molecule has 12 nitrogen and oxygen atoms in total. The third-order valence-corrected chi connectivity index (χ3v) is 23.3. The molecule has 0 saturated heterocycles. The highest BCUT2D eigenvalue weighted by atomic mass is 16.4. The van der Waals surface area contributed by atoms with E-state index in [0.29, 0.717) is 34.9 Å². The zero-order chi connectivity index (χ0) is 78.9. The molecule has 560 valence electrons. The largest absolute Gasteiger partial charge is 0.452 e. The molecule has 0 aliphatic rings. The standard InChI is InChI=1S/C57H34N4O2.C51H30N4O2/c1-3-14-35(15-4-1)55-58-56(36-16-5-2-6-17-36)60-57(59-55)40-20-11-18-37(32-40)38-19-12-21-41(33-38)61-49-26-9-7-22-43(49)48-34-39(28-31-50(48)61)42-24-13-25-45-47-30-29-46-44-23-8-10-27-51(44)62-53(46)54(47)63-52(42)45;1-3-13-31(14-4-1)49-52-50(32-15-5-2-6-16-32)54-51(53-49)34-17-11-18-35(29-34)55-43-23-9-7-19-37(43)42-30-33(25-28-44(42)55)36-21-12-22-39-41-27-26-40-38-20-8-10-24-45(38)56-47(40)48(41)57-46(36)39/h1-34H;1-30H. The van der Waals surface area contributed by atoms with Crippen molar-refractivity contribution in [2.75, 3.05) is 0 Å². The molecule has 17 aromatic carbocycles. The predicted octanol–water partition coefficient (Wildman–Crippen LogP) is 28.5. The smallest absolute Gasteiger partial charge is 0.178 e. The van der Waals surface area contributed by atoms with Crippen molar-refractivity contribution in [1.29, 1.82) is 0 Å². The van der Waals surface area contributed by atoms with Gasteiger partial charge >= 0.3 is 0 Å². The topological polar surface area (TPSA) is 140 Å². The van der Waals surface area contributed by atoms with Gasteiger partial charge in [0.05, 0.1) is 22.1 Å². The van der Waals surface area contributed by atoms with Gasteiger partial charge in [-0.1, -0.05) is 285 Å². The molecule has 120 heavy (non-hydrogen) atoms. The first-order chi connectivity index (χ1) is 59.5. The number of furan rings is 4. The summed E-state index contributed by atoms with van der Waals surface area (Å²) >= 11 is 0. The van der Waals surface area contributed by atoms with E-state index in [1.54, 1.807) is 0 Å². The number of benzene rings is 17. The molecule has 8 heterocycles. The molecule has 0 aliphatic heterocycles. The van der Waals surface area contributed by atoms with Crippen molar-refractivity contribution in [2.45, 2.75) is 0 Å². The zero-order valence-electron chi connectivity index (χ0n) is 64.2. The molecule has 25 aromatic rings. The number of hydrogen-bond acceptors (Lipinski definition) is 10. The van der Waals surface area contributed by atoms with Gasteiger partial charge in [-0.3, -0.25) is 0 Å². The second-order valence-electron chi connectivity index (χ2n) is 30.3. The van der Waals surface area contributed by atoms with Crippen LogP contribution in [-0.4, -0.2) is 39.0 Å². The number of hydrogen-bond donors (Lipinski definition) is 0. The van der Waals surface area contributed by atoms with Gasteiger partial charge in [0.2, 0.25) is 0 Å². The van der Waals surface area contributed by atoms with E-state index in [2.05, 4.69) is 240 Å². The average Bonchev–Trinajstić information content (AvgIpc) is 1.58. The molecular weight excluding hydrogens is 1470 g/mol. The summed E-state index contributed by atoms with van der Waals surface area (Å²) < 4.78 is 31.0. The van der Waals surface area contributed by atoms with Crippen LogP contribution in [0.3, 0.4) is 0 Å². The Hall–Kier alpha value is -16.4. The van der Waals surface area contributed by atoms with Gasteiger partial charge in [-0.2, -0.15) is 0 Å². The summed E-state index contributed by atoms with van der Waals surface area (Å²) in [6, 6.07) is 134. The van der Waals surface area contributed by atoms with E-state index in [-0.39, 0.29) is 0 Å². The SMILES string of the molecule is c1ccc(-c2nc(-c3ccccc3)nc(-c3cccc(-c4cccc(-n5c6ccccc6c6cc(-c7cccc8c7oc7c8ccc8c9ccccc9oc87)ccc65)c4)c3)n2)cc1.c1ccc(-c2nc(-c3ccccc3)nc(-c3cccc(-n4c5ccccc5c5cc(-c6cccc7c6oc6c7ccc7c8ccccc8oc76)ccc54)c3)n2)cc1. The third kappa shape index (κ3) is 11.3. The van der Waals surface area contributed by atoms with Crippen LogP contribution >= 0.6 is 0 Å². The minimum atomic E-state index is 0.617. The maximum atomic E-state index is 6.79. The average molecular weight is 1540 g/mol. The molecule has 0 amide bonds. The van der Waals surface area contributed by atoms with Gasteiger partial charge in [-0.25, -0.2) is 29.9 Å². The molecule has 0 bridgehead atoms. The molecule has 0 spiro atoms. The normalized spacial score (nSPS) is 11.8. The Morgan fingerprint density at radius 2 is 0.442 bits per heavy atom. The fourth-order valence-electron chi connectivity index (χ4n) is 17.7. The Morgan fingerprint density at radius 1 is 0.158 bits per heavy atom. The number of nitrogens with zero attached hydrogens (tertiary/aromatic N) is 8. The fraction of sp³-hybridized carbons (Fsp3) is 0. The van der Waals surface area contributed by atoms with Gasteiger partial charge in [0, 0.05) is 121 Å². The van der Waals surface area contributed by atoms with E-state index in [1.807, 2.05) is 158 Å². The predicted molar refractivity (Wildman–Crippen MR) is 486 cm³/mol. The van der Waals surface area contributed by atoms with Gasteiger partial charge in [-0.05, 0) is 125 Å². The van der Waals surface area contributed by atoms with Crippen LogP contribution in [0.1, 0.15) is 0 Å². The third-order valence-electron chi connectivity index (χ3n) is 23.3. The lowest BCUT2D eigenvalue weighted by molar-refractivity contribution is 0.634. The van der Waals surface area contributed by atoms with Crippen LogP contribution in [0, 0.1) is 0 Å².